The smallest absolute Gasteiger partial charge is 0.303 e. The maximum atomic E-state index is 10.6. The molecule has 0 saturated carbocycles. The first-order chi connectivity index (χ1) is 8.79. The van der Waals surface area contributed by atoms with Gasteiger partial charge in [0.25, 0.3) is 0 Å². The third kappa shape index (κ3) is 31.6. The van der Waals surface area contributed by atoms with E-state index in [2.05, 4.69) is 24.9 Å². The van der Waals surface area contributed by atoms with Crippen molar-refractivity contribution in [3.05, 3.63) is 0 Å². The van der Waals surface area contributed by atoms with E-state index in [9.17, 15) is 9.59 Å². The van der Waals surface area contributed by atoms with Crippen molar-refractivity contribution in [2.45, 2.75) is 53.4 Å². The number of carboxylic acids is 1. The van der Waals surface area contributed by atoms with Crippen molar-refractivity contribution in [2.24, 2.45) is 17.6 Å². The molecule has 0 aliphatic carbocycles. The Morgan fingerprint density at radius 2 is 1.37 bits per heavy atom. The van der Waals surface area contributed by atoms with E-state index < -0.39 is 5.97 Å². The van der Waals surface area contributed by atoms with Crippen LogP contribution in [-0.2, 0) is 9.59 Å². The molecule has 0 aromatic heterocycles. The first kappa shape index (κ1) is 23.0. The van der Waals surface area contributed by atoms with Gasteiger partial charge < -0.3 is 16.2 Å². The molecule has 0 aromatic rings. The van der Waals surface area contributed by atoms with Gasteiger partial charge in [0.05, 0.1) is 0 Å². The highest BCUT2D eigenvalue weighted by Gasteiger charge is 1.99. The second-order valence-electron chi connectivity index (χ2n) is 4.93. The topological polar surface area (TPSA) is 92.4 Å². The minimum absolute atomic E-state index is 0.142. The van der Waals surface area contributed by atoms with E-state index in [0.29, 0.717) is 24.7 Å². The van der Waals surface area contributed by atoms with Crippen LogP contribution in [0.4, 0.5) is 0 Å². The van der Waals surface area contributed by atoms with Gasteiger partial charge in [-0.25, -0.2) is 0 Å². The van der Waals surface area contributed by atoms with Gasteiger partial charge in [-0.3, -0.25) is 9.59 Å². The number of hydrogen-bond acceptors (Lipinski definition) is 3. The van der Waals surface area contributed by atoms with Crippen LogP contribution in [0, 0.1) is 11.8 Å². The number of aliphatic carboxylic acids is 1. The Morgan fingerprint density at radius 1 is 1.00 bits per heavy atom. The molecule has 0 aromatic carbocycles. The number of carboxylic acid groups (broad SMARTS) is 1. The molecular weight excluding hydrogens is 244 g/mol. The molecule has 19 heavy (non-hydrogen) atoms. The second kappa shape index (κ2) is 16.9. The maximum Gasteiger partial charge on any atom is 0.303 e. The highest BCUT2D eigenvalue weighted by atomic mass is 16.4. The van der Waals surface area contributed by atoms with Gasteiger partial charge in [0, 0.05) is 19.9 Å². The molecule has 0 rings (SSSR count). The molecule has 5 heteroatoms. The lowest BCUT2D eigenvalue weighted by atomic mass is 10.1. The Bertz CT molecular complexity index is 217. The zero-order valence-electron chi connectivity index (χ0n) is 13.3. The highest BCUT2D eigenvalue weighted by molar-refractivity contribution is 5.75. The van der Waals surface area contributed by atoms with Gasteiger partial charge in [-0.1, -0.05) is 27.7 Å². The molecule has 0 bridgehead atoms. The van der Waals surface area contributed by atoms with Crippen LogP contribution in [0.2, 0.25) is 0 Å². The summed E-state index contributed by atoms with van der Waals surface area (Å²) >= 11 is 0. The van der Waals surface area contributed by atoms with Crippen LogP contribution in [0.1, 0.15) is 53.4 Å². The number of rotatable bonds is 6. The summed E-state index contributed by atoms with van der Waals surface area (Å²) in [6.45, 7) is 8.26. The lowest BCUT2D eigenvalue weighted by Gasteiger charge is -2.01. The summed E-state index contributed by atoms with van der Waals surface area (Å²) in [5, 5.41) is 10.7. The lowest BCUT2D eigenvalue weighted by molar-refractivity contribution is -0.137. The highest BCUT2D eigenvalue weighted by Crippen LogP contribution is 2.02. The molecule has 0 aliphatic heterocycles. The molecular formula is C14H32N2O3. The molecule has 0 unspecified atom stereocenters. The fourth-order valence-electron chi connectivity index (χ4n) is 0.957. The van der Waals surface area contributed by atoms with Gasteiger partial charge >= 0.3 is 5.97 Å². The molecule has 0 spiro atoms. The van der Waals surface area contributed by atoms with Gasteiger partial charge in [-0.05, 0) is 31.7 Å². The number of nitrogens with two attached hydrogens (primary N) is 1. The largest absolute Gasteiger partial charge is 0.481 e. The number of amides is 1. The summed E-state index contributed by atoms with van der Waals surface area (Å²) in [5.41, 5.74) is 4.50. The summed E-state index contributed by atoms with van der Waals surface area (Å²) in [7, 11) is 3.17. The number of hydrogen-bond donors (Lipinski definition) is 3. The van der Waals surface area contributed by atoms with Crippen LogP contribution >= 0.6 is 0 Å². The van der Waals surface area contributed by atoms with Gasteiger partial charge in [-0.2, -0.15) is 0 Å². The first-order valence-corrected chi connectivity index (χ1v) is 6.79. The standard InChI is InChI=1S/C7H15NO.C6H12O2.CH5N/c1-6(2)4-5-7(9)8-3;1-5(2)3-4-6(7)8;1-2/h6H,4-5H2,1-3H3,(H,8,9);5H,3-4H2,1-2H3,(H,7,8);2H2,1H3. The molecule has 4 N–H and O–H groups in total. The van der Waals surface area contributed by atoms with Gasteiger partial charge in [0.15, 0.2) is 0 Å². The Morgan fingerprint density at radius 3 is 1.58 bits per heavy atom. The van der Waals surface area contributed by atoms with Crippen molar-refractivity contribution in [3.8, 4) is 0 Å². The molecule has 0 radical (unpaired) electrons. The van der Waals surface area contributed by atoms with E-state index in [1.165, 1.54) is 7.05 Å². The van der Waals surface area contributed by atoms with Crippen molar-refractivity contribution in [1.29, 1.82) is 0 Å². The van der Waals surface area contributed by atoms with Crippen LogP contribution < -0.4 is 11.1 Å². The molecule has 1 amide bonds. The Balaban J connectivity index is -0.000000239. The normalized spacial score (nSPS) is 9.11. The molecule has 0 aliphatic rings. The molecule has 116 valence electrons. The predicted octanol–water partition coefficient (Wildman–Crippen LogP) is 2.25. The summed E-state index contributed by atoms with van der Waals surface area (Å²) in [6.07, 6.45) is 2.74. The molecule has 0 fully saturated rings. The zero-order valence-corrected chi connectivity index (χ0v) is 13.3. The SMILES string of the molecule is CC(C)CCC(=O)O.CN.CNC(=O)CCC(C)C. The average Bonchev–Trinajstić information content (AvgIpc) is 2.36. The number of carbonyl (C=O) groups is 2. The Labute approximate surface area is 118 Å². The van der Waals surface area contributed by atoms with Crippen molar-refractivity contribution in [2.75, 3.05) is 14.1 Å². The fraction of sp³-hybridized carbons (Fsp3) is 0.857. The monoisotopic (exact) mass is 276 g/mol. The summed E-state index contributed by atoms with van der Waals surface area (Å²) in [5.74, 6) is 0.579. The number of carbonyl (C=O) groups excluding carboxylic acids is 1. The van der Waals surface area contributed by atoms with E-state index in [1.807, 2.05) is 13.8 Å². The molecule has 0 atom stereocenters. The van der Waals surface area contributed by atoms with Crippen LogP contribution in [-0.4, -0.2) is 31.1 Å². The van der Waals surface area contributed by atoms with Crippen molar-refractivity contribution < 1.29 is 14.7 Å². The van der Waals surface area contributed by atoms with Gasteiger partial charge in [-0.15, -0.1) is 0 Å². The second-order valence-corrected chi connectivity index (χ2v) is 4.93. The first-order valence-electron chi connectivity index (χ1n) is 6.79. The van der Waals surface area contributed by atoms with Crippen molar-refractivity contribution in [1.82, 2.24) is 5.32 Å². The van der Waals surface area contributed by atoms with Crippen LogP contribution in [0.3, 0.4) is 0 Å². The molecule has 5 nitrogen and oxygen atoms in total. The van der Waals surface area contributed by atoms with Crippen LogP contribution in [0.15, 0.2) is 0 Å². The van der Waals surface area contributed by atoms with E-state index >= 15 is 0 Å². The summed E-state index contributed by atoms with van der Waals surface area (Å²) in [6, 6.07) is 0. The van der Waals surface area contributed by atoms with Crippen molar-refractivity contribution in [3.63, 3.8) is 0 Å². The Hall–Kier alpha value is -1.10. The number of nitrogens with one attached hydrogen (secondary N) is 1. The molecule has 0 saturated heterocycles. The minimum atomic E-state index is -0.696. The van der Waals surface area contributed by atoms with Crippen molar-refractivity contribution >= 4 is 11.9 Å². The van der Waals surface area contributed by atoms with E-state index in [-0.39, 0.29) is 5.91 Å². The minimum Gasteiger partial charge on any atom is -0.481 e. The van der Waals surface area contributed by atoms with Crippen LogP contribution in [0.25, 0.3) is 0 Å². The quantitative estimate of drug-likeness (QED) is 0.693. The van der Waals surface area contributed by atoms with E-state index in [1.54, 1.807) is 7.05 Å². The van der Waals surface area contributed by atoms with E-state index in [0.717, 1.165) is 12.8 Å². The fourth-order valence-corrected chi connectivity index (χ4v) is 0.957. The third-order valence-electron chi connectivity index (χ3n) is 2.16. The zero-order chi connectivity index (χ0) is 15.8. The third-order valence-corrected chi connectivity index (χ3v) is 2.16. The predicted molar refractivity (Wildman–Crippen MR) is 80.0 cm³/mol. The average molecular weight is 276 g/mol. The molecule has 0 heterocycles. The van der Waals surface area contributed by atoms with Crippen LogP contribution in [0.5, 0.6) is 0 Å². The Kier molecular flexibility index (Phi) is 20.5. The van der Waals surface area contributed by atoms with Gasteiger partial charge in [0.2, 0.25) is 5.91 Å². The maximum absolute atomic E-state index is 10.6. The summed E-state index contributed by atoms with van der Waals surface area (Å²) in [4.78, 5) is 20.5. The lowest BCUT2D eigenvalue weighted by Crippen LogP contribution is -2.17. The summed E-state index contributed by atoms with van der Waals surface area (Å²) < 4.78 is 0. The van der Waals surface area contributed by atoms with E-state index in [4.69, 9.17) is 5.11 Å². The van der Waals surface area contributed by atoms with Gasteiger partial charge in [0.1, 0.15) is 0 Å².